The highest BCUT2D eigenvalue weighted by Gasteiger charge is 2.46. The Hall–Kier alpha value is -2.43. The third-order valence-electron chi connectivity index (χ3n) is 5.78. The summed E-state index contributed by atoms with van der Waals surface area (Å²) in [6.45, 7) is 4.91. The van der Waals surface area contributed by atoms with Crippen molar-refractivity contribution in [2.75, 3.05) is 11.4 Å². The average molecular weight is 419 g/mol. The van der Waals surface area contributed by atoms with Crippen molar-refractivity contribution in [3.63, 3.8) is 0 Å². The lowest BCUT2D eigenvalue weighted by Crippen LogP contribution is -2.42. The van der Waals surface area contributed by atoms with Crippen molar-refractivity contribution in [2.24, 2.45) is 17.6 Å². The van der Waals surface area contributed by atoms with E-state index in [1.165, 1.54) is 16.0 Å². The maximum Gasteiger partial charge on any atom is 0.230 e. The van der Waals surface area contributed by atoms with Crippen LogP contribution in [-0.2, 0) is 4.79 Å². The summed E-state index contributed by atoms with van der Waals surface area (Å²) in [5.74, 6) is 1.09. The van der Waals surface area contributed by atoms with Crippen LogP contribution in [0.25, 0.3) is 10.4 Å². The van der Waals surface area contributed by atoms with Gasteiger partial charge in [-0.05, 0) is 59.4 Å². The van der Waals surface area contributed by atoms with Crippen LogP contribution in [0.2, 0.25) is 0 Å². The number of carbonyl (C=O) groups excluding carboxylic acids is 1. The first-order valence-electron chi connectivity index (χ1n) is 10.8. The standard InChI is InChI=1S/C26H30N2OS/c1-18(2)15-21(27)17-28(22-12-10-20(11-13-22)25-9-6-14-30-25)26(29)24-16-23(24)19-7-4-3-5-8-19/h3-14,18,21,23-24H,15-17,27H2,1-2H3/t21-,23-,24+/m0/s1. The van der Waals surface area contributed by atoms with Gasteiger partial charge < -0.3 is 10.6 Å². The minimum atomic E-state index is -0.0279. The molecule has 1 aromatic heterocycles. The number of amides is 1. The summed E-state index contributed by atoms with van der Waals surface area (Å²) in [6.07, 6.45) is 1.83. The second-order valence-corrected chi connectivity index (χ2v) is 9.67. The zero-order valence-electron chi connectivity index (χ0n) is 17.7. The summed E-state index contributed by atoms with van der Waals surface area (Å²) in [6, 6.07) is 22.9. The van der Waals surface area contributed by atoms with Crippen molar-refractivity contribution in [1.29, 1.82) is 0 Å². The first-order chi connectivity index (χ1) is 14.5. The molecule has 2 aromatic carbocycles. The molecule has 2 N–H and O–H groups in total. The molecule has 0 saturated heterocycles. The van der Waals surface area contributed by atoms with E-state index in [2.05, 4.69) is 79.9 Å². The van der Waals surface area contributed by atoms with Crippen LogP contribution in [0.1, 0.15) is 38.2 Å². The van der Waals surface area contributed by atoms with E-state index in [1.807, 2.05) is 11.0 Å². The molecule has 0 bridgehead atoms. The second-order valence-electron chi connectivity index (χ2n) is 8.72. The molecule has 0 unspecified atom stereocenters. The van der Waals surface area contributed by atoms with Crippen LogP contribution < -0.4 is 10.6 Å². The summed E-state index contributed by atoms with van der Waals surface area (Å²) in [5, 5.41) is 2.08. The monoisotopic (exact) mass is 418 g/mol. The predicted molar refractivity (Wildman–Crippen MR) is 127 cm³/mol. The number of anilines is 1. The quantitative estimate of drug-likeness (QED) is 0.493. The Bertz CT molecular complexity index is 950. The van der Waals surface area contributed by atoms with Crippen LogP contribution in [0, 0.1) is 11.8 Å². The van der Waals surface area contributed by atoms with Crippen LogP contribution in [0.5, 0.6) is 0 Å². The van der Waals surface area contributed by atoms with Gasteiger partial charge in [0.25, 0.3) is 0 Å². The number of hydrogen-bond donors (Lipinski definition) is 1. The van der Waals surface area contributed by atoms with E-state index >= 15 is 0 Å². The lowest BCUT2D eigenvalue weighted by Gasteiger charge is -2.27. The first kappa shape index (κ1) is 20.8. The smallest absolute Gasteiger partial charge is 0.230 e. The van der Waals surface area contributed by atoms with Gasteiger partial charge in [-0.25, -0.2) is 0 Å². The van der Waals surface area contributed by atoms with Crippen molar-refractivity contribution in [1.82, 2.24) is 0 Å². The molecule has 4 heteroatoms. The lowest BCUT2D eigenvalue weighted by atomic mass is 10.0. The molecule has 3 aromatic rings. The SMILES string of the molecule is CC(C)C[C@H](N)CN(C(=O)[C@@H]1C[C@H]1c1ccccc1)c1ccc(-c2cccs2)cc1. The zero-order chi connectivity index (χ0) is 21.1. The van der Waals surface area contributed by atoms with Gasteiger partial charge in [0, 0.05) is 29.1 Å². The molecule has 0 radical (unpaired) electrons. The Labute approximate surface area is 183 Å². The van der Waals surface area contributed by atoms with E-state index in [1.54, 1.807) is 11.3 Å². The van der Waals surface area contributed by atoms with Crippen molar-refractivity contribution in [3.8, 4) is 10.4 Å². The molecular weight excluding hydrogens is 388 g/mol. The third kappa shape index (κ3) is 4.82. The maximum atomic E-state index is 13.5. The minimum absolute atomic E-state index is 0.0279. The normalized spacial score (nSPS) is 18.9. The molecule has 0 aliphatic heterocycles. The molecule has 3 nitrogen and oxygen atoms in total. The Morgan fingerprint density at radius 1 is 1.07 bits per heavy atom. The number of benzene rings is 2. The molecule has 1 aliphatic rings. The molecule has 1 heterocycles. The van der Waals surface area contributed by atoms with Crippen LogP contribution >= 0.6 is 11.3 Å². The minimum Gasteiger partial charge on any atom is -0.326 e. The number of nitrogens with two attached hydrogens (primary N) is 1. The zero-order valence-corrected chi connectivity index (χ0v) is 18.5. The van der Waals surface area contributed by atoms with E-state index in [4.69, 9.17) is 5.73 Å². The average Bonchev–Trinajstić information content (AvgIpc) is 3.36. The van der Waals surface area contributed by atoms with Gasteiger partial charge in [-0.2, -0.15) is 0 Å². The summed E-state index contributed by atoms with van der Waals surface area (Å²) in [5.41, 5.74) is 9.82. The first-order valence-corrected chi connectivity index (χ1v) is 11.7. The fraction of sp³-hybridized carbons (Fsp3) is 0.346. The molecule has 4 rings (SSSR count). The number of thiophene rings is 1. The van der Waals surface area contributed by atoms with Crippen LogP contribution in [-0.4, -0.2) is 18.5 Å². The van der Waals surface area contributed by atoms with E-state index in [9.17, 15) is 4.79 Å². The molecule has 3 atom stereocenters. The highest BCUT2D eigenvalue weighted by Crippen LogP contribution is 2.48. The Morgan fingerprint density at radius 2 is 1.80 bits per heavy atom. The summed E-state index contributed by atoms with van der Waals surface area (Å²) in [4.78, 5) is 16.7. The number of hydrogen-bond acceptors (Lipinski definition) is 3. The largest absolute Gasteiger partial charge is 0.326 e. The molecule has 1 aliphatic carbocycles. The number of rotatable bonds is 8. The Morgan fingerprint density at radius 3 is 2.43 bits per heavy atom. The van der Waals surface area contributed by atoms with Gasteiger partial charge in [-0.1, -0.05) is 62.4 Å². The van der Waals surface area contributed by atoms with Gasteiger partial charge >= 0.3 is 0 Å². The molecule has 1 amide bonds. The van der Waals surface area contributed by atoms with Crippen LogP contribution in [0.3, 0.4) is 0 Å². The third-order valence-corrected chi connectivity index (χ3v) is 6.70. The fourth-order valence-electron chi connectivity index (χ4n) is 4.22. The summed E-state index contributed by atoms with van der Waals surface area (Å²) < 4.78 is 0. The van der Waals surface area contributed by atoms with Gasteiger partial charge in [0.05, 0.1) is 0 Å². The van der Waals surface area contributed by atoms with Gasteiger partial charge in [-0.15, -0.1) is 11.3 Å². The van der Waals surface area contributed by atoms with E-state index in [-0.39, 0.29) is 17.9 Å². The second kappa shape index (κ2) is 9.15. The lowest BCUT2D eigenvalue weighted by molar-refractivity contribution is -0.120. The number of carbonyl (C=O) groups is 1. The van der Waals surface area contributed by atoms with Gasteiger partial charge in [0.15, 0.2) is 0 Å². The van der Waals surface area contributed by atoms with Gasteiger partial charge in [-0.3, -0.25) is 4.79 Å². The number of nitrogens with zero attached hydrogens (tertiary/aromatic N) is 1. The van der Waals surface area contributed by atoms with Crippen LogP contribution in [0.4, 0.5) is 5.69 Å². The van der Waals surface area contributed by atoms with Crippen molar-refractivity contribution < 1.29 is 4.79 Å². The van der Waals surface area contributed by atoms with E-state index in [0.717, 1.165) is 18.5 Å². The van der Waals surface area contributed by atoms with Gasteiger partial charge in [0.1, 0.15) is 0 Å². The highest BCUT2D eigenvalue weighted by molar-refractivity contribution is 7.13. The Kier molecular flexibility index (Phi) is 6.35. The van der Waals surface area contributed by atoms with Crippen molar-refractivity contribution in [3.05, 3.63) is 77.7 Å². The van der Waals surface area contributed by atoms with Gasteiger partial charge in [0.2, 0.25) is 5.91 Å². The predicted octanol–water partition coefficient (Wildman–Crippen LogP) is 5.93. The Balaban J connectivity index is 1.54. The highest BCUT2D eigenvalue weighted by atomic mass is 32.1. The molecule has 0 spiro atoms. The summed E-state index contributed by atoms with van der Waals surface area (Å²) in [7, 11) is 0. The molecule has 156 valence electrons. The van der Waals surface area contributed by atoms with Crippen molar-refractivity contribution in [2.45, 2.75) is 38.6 Å². The molecule has 1 fully saturated rings. The van der Waals surface area contributed by atoms with Crippen molar-refractivity contribution >= 4 is 22.9 Å². The van der Waals surface area contributed by atoms with E-state index < -0.39 is 0 Å². The summed E-state index contributed by atoms with van der Waals surface area (Å²) >= 11 is 1.73. The van der Waals surface area contributed by atoms with E-state index in [0.29, 0.717) is 18.4 Å². The fourth-order valence-corrected chi connectivity index (χ4v) is 4.96. The molecule has 1 saturated carbocycles. The molecule has 30 heavy (non-hydrogen) atoms. The maximum absolute atomic E-state index is 13.5. The van der Waals surface area contributed by atoms with Crippen LogP contribution in [0.15, 0.2) is 72.1 Å². The molecular formula is C26H30N2OS. The topological polar surface area (TPSA) is 46.3 Å².